The molecule has 0 fully saturated rings. The lowest BCUT2D eigenvalue weighted by atomic mass is 10.1. The lowest BCUT2D eigenvalue weighted by Crippen LogP contribution is -1.81. The molecule has 0 amide bonds. The van der Waals surface area contributed by atoms with Gasteiger partial charge in [0.1, 0.15) is 0 Å². The highest BCUT2D eigenvalue weighted by atomic mass is 16.3. The van der Waals surface area contributed by atoms with Gasteiger partial charge in [-0.1, -0.05) is 38.7 Å². The van der Waals surface area contributed by atoms with Crippen molar-refractivity contribution in [2.45, 2.75) is 64.7 Å². The molecule has 0 unspecified atom stereocenters. The molecule has 0 saturated carbocycles. The second-order valence-electron chi connectivity index (χ2n) is 4.04. The number of aliphatic hydroxyl groups excluding tert-OH is 1. The van der Waals surface area contributed by atoms with E-state index in [0.717, 1.165) is 19.3 Å². The van der Waals surface area contributed by atoms with E-state index in [4.69, 9.17) is 0 Å². The number of allylic oxidation sites excluding steroid dienone is 3. The fourth-order valence-electron chi connectivity index (χ4n) is 1.55. The molecule has 0 aromatic heterocycles. The summed E-state index contributed by atoms with van der Waals surface area (Å²) in [5, 5.41) is 9.21. The molecule has 0 heterocycles. The van der Waals surface area contributed by atoms with Crippen molar-refractivity contribution >= 4 is 0 Å². The van der Waals surface area contributed by atoms with Crippen molar-refractivity contribution in [3.05, 3.63) is 24.5 Å². The zero-order chi connectivity index (χ0) is 11.4. The summed E-state index contributed by atoms with van der Waals surface area (Å²) < 4.78 is 0. The minimum absolute atomic E-state index is 0.543. The summed E-state index contributed by atoms with van der Waals surface area (Å²) in [5.41, 5.74) is 0. The predicted molar refractivity (Wildman–Crippen MR) is 68.1 cm³/mol. The molecule has 0 spiro atoms. The van der Waals surface area contributed by atoms with Crippen LogP contribution in [0.5, 0.6) is 0 Å². The molecule has 0 aliphatic rings. The lowest BCUT2D eigenvalue weighted by molar-refractivity contribution is 0.391. The number of hydrogen-bond acceptors (Lipinski definition) is 1. The van der Waals surface area contributed by atoms with Crippen molar-refractivity contribution in [3.63, 3.8) is 0 Å². The molecular weight excluding hydrogens is 184 g/mol. The molecule has 0 bridgehead atoms. The summed E-state index contributed by atoms with van der Waals surface area (Å²) >= 11 is 0. The third kappa shape index (κ3) is 11.2. The fourth-order valence-corrected chi connectivity index (χ4v) is 1.55. The minimum Gasteiger partial charge on any atom is -0.513 e. The smallest absolute Gasteiger partial charge is 0.0880 e. The first-order valence-electron chi connectivity index (χ1n) is 6.30. The first-order chi connectivity index (χ1) is 7.31. The zero-order valence-electron chi connectivity index (χ0n) is 10.2. The van der Waals surface area contributed by atoms with Gasteiger partial charge in [-0.25, -0.2) is 0 Å². The SMILES string of the molecule is C=CCCCCCCCC/C=C(/O)CC. The molecule has 1 N–H and O–H groups in total. The highest BCUT2D eigenvalue weighted by Gasteiger charge is 1.91. The Labute approximate surface area is 94.9 Å². The van der Waals surface area contributed by atoms with E-state index in [2.05, 4.69) is 6.58 Å². The first kappa shape index (κ1) is 14.3. The van der Waals surface area contributed by atoms with Crippen molar-refractivity contribution < 1.29 is 5.11 Å². The Morgan fingerprint density at radius 2 is 1.53 bits per heavy atom. The predicted octanol–water partition coefficient (Wildman–Crippen LogP) is 5.15. The molecule has 0 rings (SSSR count). The van der Waals surface area contributed by atoms with Gasteiger partial charge >= 0.3 is 0 Å². The van der Waals surface area contributed by atoms with E-state index >= 15 is 0 Å². The van der Waals surface area contributed by atoms with Crippen LogP contribution in [-0.2, 0) is 0 Å². The molecule has 0 aliphatic carbocycles. The van der Waals surface area contributed by atoms with E-state index in [1.807, 2.05) is 19.1 Å². The Bertz CT molecular complexity index is 170. The normalized spacial score (nSPS) is 11.7. The molecule has 1 nitrogen and oxygen atoms in total. The van der Waals surface area contributed by atoms with Crippen molar-refractivity contribution in [3.8, 4) is 0 Å². The van der Waals surface area contributed by atoms with Crippen LogP contribution in [0.25, 0.3) is 0 Å². The second-order valence-corrected chi connectivity index (χ2v) is 4.04. The van der Waals surface area contributed by atoms with Crippen LogP contribution >= 0.6 is 0 Å². The van der Waals surface area contributed by atoms with Crippen molar-refractivity contribution in [1.82, 2.24) is 0 Å². The Balaban J connectivity index is 3.08. The monoisotopic (exact) mass is 210 g/mol. The van der Waals surface area contributed by atoms with Gasteiger partial charge in [0.2, 0.25) is 0 Å². The van der Waals surface area contributed by atoms with Crippen LogP contribution in [0.15, 0.2) is 24.5 Å². The maximum atomic E-state index is 9.21. The third-order valence-electron chi connectivity index (χ3n) is 2.60. The summed E-state index contributed by atoms with van der Waals surface area (Å²) in [5.74, 6) is 0.543. The molecular formula is C14H26O. The highest BCUT2D eigenvalue weighted by Crippen LogP contribution is 2.09. The summed E-state index contributed by atoms with van der Waals surface area (Å²) in [6, 6.07) is 0. The van der Waals surface area contributed by atoms with Crippen molar-refractivity contribution in [2.24, 2.45) is 0 Å². The highest BCUT2D eigenvalue weighted by molar-refractivity contribution is 4.88. The van der Waals surface area contributed by atoms with E-state index in [-0.39, 0.29) is 0 Å². The van der Waals surface area contributed by atoms with E-state index in [1.54, 1.807) is 0 Å². The average Bonchev–Trinajstić information content (AvgIpc) is 2.26. The van der Waals surface area contributed by atoms with Crippen LogP contribution in [0.4, 0.5) is 0 Å². The van der Waals surface area contributed by atoms with Crippen molar-refractivity contribution in [1.29, 1.82) is 0 Å². The first-order valence-corrected chi connectivity index (χ1v) is 6.30. The molecule has 0 radical (unpaired) electrons. The standard InChI is InChI=1S/C14H26O/c1-3-5-6-7-8-9-10-11-12-13-14(15)4-2/h3,13,15H,1,4-12H2,2H3/b14-13+. The quantitative estimate of drug-likeness (QED) is 0.300. The van der Waals surface area contributed by atoms with Gasteiger partial charge in [0.25, 0.3) is 0 Å². The Hall–Kier alpha value is -0.720. The fraction of sp³-hybridized carbons (Fsp3) is 0.714. The van der Waals surface area contributed by atoms with Gasteiger partial charge in [-0.3, -0.25) is 0 Å². The maximum Gasteiger partial charge on any atom is 0.0880 e. The topological polar surface area (TPSA) is 20.2 Å². The minimum atomic E-state index is 0.543. The summed E-state index contributed by atoms with van der Waals surface area (Å²) in [4.78, 5) is 0. The van der Waals surface area contributed by atoms with Crippen LogP contribution in [0.1, 0.15) is 64.7 Å². The van der Waals surface area contributed by atoms with Crippen molar-refractivity contribution in [2.75, 3.05) is 0 Å². The molecule has 0 aliphatic heterocycles. The van der Waals surface area contributed by atoms with E-state index < -0.39 is 0 Å². The number of unbranched alkanes of at least 4 members (excludes halogenated alkanes) is 7. The average molecular weight is 210 g/mol. The molecule has 0 atom stereocenters. The Morgan fingerprint density at radius 3 is 2.07 bits per heavy atom. The number of hydrogen-bond donors (Lipinski definition) is 1. The molecule has 0 saturated heterocycles. The van der Waals surface area contributed by atoms with Crippen LogP contribution in [0.3, 0.4) is 0 Å². The van der Waals surface area contributed by atoms with Gasteiger partial charge in [-0.05, 0) is 31.8 Å². The van der Waals surface area contributed by atoms with Crippen LogP contribution < -0.4 is 0 Å². The summed E-state index contributed by atoms with van der Waals surface area (Å²) in [6.45, 7) is 5.69. The second kappa shape index (κ2) is 11.4. The van der Waals surface area contributed by atoms with E-state index in [0.29, 0.717) is 5.76 Å². The molecule has 15 heavy (non-hydrogen) atoms. The maximum absolute atomic E-state index is 9.21. The lowest BCUT2D eigenvalue weighted by Gasteiger charge is -1.99. The van der Waals surface area contributed by atoms with Crippen LogP contribution in [-0.4, -0.2) is 5.11 Å². The molecule has 88 valence electrons. The van der Waals surface area contributed by atoms with Gasteiger partial charge < -0.3 is 5.11 Å². The largest absolute Gasteiger partial charge is 0.513 e. The van der Waals surface area contributed by atoms with Gasteiger partial charge in [0.15, 0.2) is 0 Å². The zero-order valence-corrected chi connectivity index (χ0v) is 10.2. The molecule has 0 aromatic carbocycles. The van der Waals surface area contributed by atoms with Gasteiger partial charge in [0, 0.05) is 6.42 Å². The summed E-state index contributed by atoms with van der Waals surface area (Å²) in [6.07, 6.45) is 14.7. The number of aliphatic hydroxyl groups is 1. The van der Waals surface area contributed by atoms with E-state index in [9.17, 15) is 5.11 Å². The molecule has 0 aromatic rings. The number of rotatable bonds is 10. The van der Waals surface area contributed by atoms with Gasteiger partial charge in [-0.15, -0.1) is 6.58 Å². The van der Waals surface area contributed by atoms with Gasteiger partial charge in [0.05, 0.1) is 5.76 Å². The summed E-state index contributed by atoms with van der Waals surface area (Å²) in [7, 11) is 0. The third-order valence-corrected chi connectivity index (χ3v) is 2.60. The van der Waals surface area contributed by atoms with Crippen LogP contribution in [0, 0.1) is 0 Å². The van der Waals surface area contributed by atoms with Crippen LogP contribution in [0.2, 0.25) is 0 Å². The Morgan fingerprint density at radius 1 is 1.00 bits per heavy atom. The Kier molecular flexibility index (Phi) is 10.8. The van der Waals surface area contributed by atoms with Gasteiger partial charge in [-0.2, -0.15) is 0 Å². The van der Waals surface area contributed by atoms with E-state index in [1.165, 1.54) is 38.5 Å². The molecule has 1 heteroatoms.